The first-order valence-electron chi connectivity index (χ1n) is 9.93. The number of amides is 2. The molecule has 0 unspecified atom stereocenters. The lowest BCUT2D eigenvalue weighted by molar-refractivity contribution is -0.125. The van der Waals surface area contributed by atoms with Gasteiger partial charge in [-0.25, -0.2) is 0 Å². The Kier molecular flexibility index (Phi) is 5.24. The van der Waals surface area contributed by atoms with Gasteiger partial charge in [-0.1, -0.05) is 24.3 Å². The summed E-state index contributed by atoms with van der Waals surface area (Å²) in [6.45, 7) is 0. The van der Waals surface area contributed by atoms with E-state index in [1.165, 1.54) is 28.0 Å². The summed E-state index contributed by atoms with van der Waals surface area (Å²) >= 11 is 0. The topological polar surface area (TPSA) is 100 Å². The van der Waals surface area contributed by atoms with Crippen molar-refractivity contribution in [1.29, 1.82) is 0 Å². The summed E-state index contributed by atoms with van der Waals surface area (Å²) in [5, 5.41) is 16.2. The van der Waals surface area contributed by atoms with E-state index in [0.29, 0.717) is 12.8 Å². The Labute approximate surface area is 168 Å². The molecular formula is C22H25N3O4. The molecule has 29 heavy (non-hydrogen) atoms. The fourth-order valence-electron chi connectivity index (χ4n) is 4.31. The molecule has 0 bridgehead atoms. The van der Waals surface area contributed by atoms with E-state index in [2.05, 4.69) is 22.8 Å². The molecule has 2 aliphatic carbocycles. The largest absolute Gasteiger partial charge is 0.391 e. The van der Waals surface area contributed by atoms with E-state index in [9.17, 15) is 19.5 Å². The van der Waals surface area contributed by atoms with Crippen molar-refractivity contribution in [2.45, 2.75) is 43.9 Å². The summed E-state index contributed by atoms with van der Waals surface area (Å²) < 4.78 is 1.38. The average Bonchev–Trinajstić information content (AvgIpc) is 3.26. The SMILES string of the molecule is Cn1ccc(C(=O)N[C@@H]2C[C@H](C(=O)NC3Cc4ccccc4C3)C[C@H]2O)cc1=O. The van der Waals surface area contributed by atoms with E-state index >= 15 is 0 Å². The monoisotopic (exact) mass is 395 g/mol. The number of aliphatic hydroxyl groups excluding tert-OH is 1. The van der Waals surface area contributed by atoms with E-state index in [1.807, 2.05) is 12.1 Å². The molecule has 152 valence electrons. The maximum Gasteiger partial charge on any atom is 0.251 e. The number of hydrogen-bond acceptors (Lipinski definition) is 4. The number of aromatic nitrogens is 1. The number of aliphatic hydroxyl groups is 1. The molecule has 2 aromatic rings. The van der Waals surface area contributed by atoms with Crippen molar-refractivity contribution in [2.24, 2.45) is 13.0 Å². The van der Waals surface area contributed by atoms with Gasteiger partial charge in [0.1, 0.15) is 0 Å². The van der Waals surface area contributed by atoms with Gasteiger partial charge in [0.15, 0.2) is 0 Å². The lowest BCUT2D eigenvalue weighted by Gasteiger charge is -2.17. The molecule has 2 aliphatic rings. The highest BCUT2D eigenvalue weighted by molar-refractivity contribution is 5.94. The Hall–Kier alpha value is -2.93. The third-order valence-electron chi connectivity index (χ3n) is 5.98. The standard InChI is InChI=1S/C22H25N3O4/c1-25-7-6-15(12-20(25)27)21(28)24-18-10-16(11-19(18)26)22(29)23-17-8-13-4-2-3-5-14(13)9-17/h2-7,12,16-19,26H,8-11H2,1H3,(H,23,29)(H,24,28)/t16-,18+,19+/m0/s1. The van der Waals surface area contributed by atoms with Crippen molar-refractivity contribution < 1.29 is 14.7 Å². The molecule has 3 N–H and O–H groups in total. The van der Waals surface area contributed by atoms with Crippen molar-refractivity contribution in [1.82, 2.24) is 15.2 Å². The molecule has 3 atom stereocenters. The van der Waals surface area contributed by atoms with Crippen LogP contribution in [0.5, 0.6) is 0 Å². The molecule has 1 fully saturated rings. The highest BCUT2D eigenvalue weighted by atomic mass is 16.3. The zero-order chi connectivity index (χ0) is 20.5. The van der Waals surface area contributed by atoms with Gasteiger partial charge in [-0.05, 0) is 42.9 Å². The normalized spacial score (nSPS) is 23.6. The molecule has 7 heteroatoms. The van der Waals surface area contributed by atoms with Crippen LogP contribution >= 0.6 is 0 Å². The second-order valence-corrected chi connectivity index (χ2v) is 8.06. The highest BCUT2D eigenvalue weighted by Gasteiger charge is 2.38. The second kappa shape index (κ2) is 7.83. The summed E-state index contributed by atoms with van der Waals surface area (Å²) in [6.07, 6.45) is 3.07. The number of nitrogens with one attached hydrogen (secondary N) is 2. The minimum Gasteiger partial charge on any atom is -0.391 e. The summed E-state index contributed by atoms with van der Waals surface area (Å²) in [7, 11) is 1.61. The molecule has 1 heterocycles. The smallest absolute Gasteiger partial charge is 0.251 e. The van der Waals surface area contributed by atoms with Crippen LogP contribution in [-0.4, -0.2) is 39.7 Å². The Bertz CT molecular complexity index is 975. The van der Waals surface area contributed by atoms with Gasteiger partial charge in [-0.2, -0.15) is 0 Å². The van der Waals surface area contributed by atoms with E-state index in [-0.39, 0.29) is 29.0 Å². The predicted octanol–water partition coefficient (Wildman–Crippen LogP) is 0.538. The zero-order valence-corrected chi connectivity index (χ0v) is 16.3. The molecule has 0 saturated heterocycles. The Morgan fingerprint density at radius 1 is 1.07 bits per heavy atom. The summed E-state index contributed by atoms with van der Waals surface area (Å²) in [4.78, 5) is 36.8. The van der Waals surface area contributed by atoms with Crippen LogP contribution < -0.4 is 16.2 Å². The fourth-order valence-corrected chi connectivity index (χ4v) is 4.31. The quantitative estimate of drug-likeness (QED) is 0.703. The number of hydrogen-bond donors (Lipinski definition) is 3. The Balaban J connectivity index is 1.33. The number of pyridine rings is 1. The molecule has 1 saturated carbocycles. The first-order valence-corrected chi connectivity index (χ1v) is 9.93. The number of fused-ring (bicyclic) bond motifs is 1. The lowest BCUT2D eigenvalue weighted by Crippen LogP contribution is -2.41. The van der Waals surface area contributed by atoms with Crippen molar-refractivity contribution in [3.05, 3.63) is 69.6 Å². The van der Waals surface area contributed by atoms with Crippen molar-refractivity contribution in [2.75, 3.05) is 0 Å². The van der Waals surface area contributed by atoms with Crippen LogP contribution in [0.15, 0.2) is 47.4 Å². The highest BCUT2D eigenvalue weighted by Crippen LogP contribution is 2.28. The van der Waals surface area contributed by atoms with Gasteiger partial charge >= 0.3 is 0 Å². The van der Waals surface area contributed by atoms with E-state index in [1.54, 1.807) is 13.1 Å². The lowest BCUT2D eigenvalue weighted by atomic mass is 10.1. The number of aryl methyl sites for hydroxylation is 1. The van der Waals surface area contributed by atoms with Crippen LogP contribution in [0.2, 0.25) is 0 Å². The van der Waals surface area contributed by atoms with E-state index in [4.69, 9.17) is 0 Å². The van der Waals surface area contributed by atoms with Crippen LogP contribution in [0, 0.1) is 5.92 Å². The van der Waals surface area contributed by atoms with E-state index in [0.717, 1.165) is 12.8 Å². The molecule has 0 aliphatic heterocycles. The minimum atomic E-state index is -0.790. The van der Waals surface area contributed by atoms with E-state index < -0.39 is 18.1 Å². The number of carbonyl (C=O) groups excluding carboxylic acids is 2. The molecule has 1 aromatic carbocycles. The van der Waals surface area contributed by atoms with Gasteiger partial charge in [-0.3, -0.25) is 14.4 Å². The van der Waals surface area contributed by atoms with Crippen LogP contribution in [0.3, 0.4) is 0 Å². The van der Waals surface area contributed by atoms with Crippen molar-refractivity contribution in [3.63, 3.8) is 0 Å². The van der Waals surface area contributed by atoms with Crippen molar-refractivity contribution in [3.8, 4) is 0 Å². The molecule has 0 spiro atoms. The van der Waals surface area contributed by atoms with Gasteiger partial charge in [0.05, 0.1) is 12.1 Å². The molecular weight excluding hydrogens is 370 g/mol. The first-order chi connectivity index (χ1) is 13.9. The fraction of sp³-hybridized carbons (Fsp3) is 0.409. The minimum absolute atomic E-state index is 0.0752. The van der Waals surface area contributed by atoms with Gasteiger partial charge in [0, 0.05) is 36.8 Å². The maximum absolute atomic E-state index is 12.7. The summed E-state index contributed by atoms with van der Waals surface area (Å²) in [6, 6.07) is 10.6. The third-order valence-corrected chi connectivity index (χ3v) is 5.98. The summed E-state index contributed by atoms with van der Waals surface area (Å²) in [5.74, 6) is -0.839. The zero-order valence-electron chi connectivity index (χ0n) is 16.3. The molecule has 7 nitrogen and oxygen atoms in total. The maximum atomic E-state index is 12.7. The second-order valence-electron chi connectivity index (χ2n) is 8.06. The van der Waals surface area contributed by atoms with Gasteiger partial charge in [0.2, 0.25) is 5.91 Å². The van der Waals surface area contributed by atoms with Crippen molar-refractivity contribution >= 4 is 11.8 Å². The van der Waals surface area contributed by atoms with Gasteiger partial charge < -0.3 is 20.3 Å². The number of carbonyl (C=O) groups is 2. The van der Waals surface area contributed by atoms with Crippen LogP contribution in [0.4, 0.5) is 0 Å². The number of rotatable bonds is 4. The summed E-state index contributed by atoms with van der Waals surface area (Å²) in [5.41, 5.74) is 2.50. The Morgan fingerprint density at radius 2 is 1.76 bits per heavy atom. The predicted molar refractivity (Wildman–Crippen MR) is 107 cm³/mol. The van der Waals surface area contributed by atoms with Gasteiger partial charge in [-0.15, -0.1) is 0 Å². The third kappa shape index (κ3) is 4.10. The van der Waals surface area contributed by atoms with Crippen LogP contribution in [-0.2, 0) is 24.7 Å². The molecule has 2 amide bonds. The van der Waals surface area contributed by atoms with Gasteiger partial charge in [0.25, 0.3) is 11.5 Å². The average molecular weight is 395 g/mol. The Morgan fingerprint density at radius 3 is 2.41 bits per heavy atom. The molecule has 4 rings (SSSR count). The number of nitrogens with zero attached hydrogens (tertiary/aromatic N) is 1. The van der Waals surface area contributed by atoms with Crippen LogP contribution in [0.25, 0.3) is 0 Å². The number of benzene rings is 1. The first kappa shape index (κ1) is 19.4. The molecule has 0 radical (unpaired) electrons. The molecule has 1 aromatic heterocycles. The van der Waals surface area contributed by atoms with Crippen LogP contribution in [0.1, 0.15) is 34.3 Å².